The minimum Gasteiger partial charge on any atom is -0.461 e. The highest BCUT2D eigenvalue weighted by atomic mass is 16.5. The van der Waals surface area contributed by atoms with Gasteiger partial charge in [-0.05, 0) is 62.8 Å². The second kappa shape index (κ2) is 10.3. The second-order valence-corrected chi connectivity index (χ2v) is 8.78. The van der Waals surface area contributed by atoms with Crippen molar-refractivity contribution in [2.24, 2.45) is 7.05 Å². The number of esters is 1. The van der Waals surface area contributed by atoms with Crippen molar-refractivity contribution in [1.82, 2.24) is 19.9 Å². The van der Waals surface area contributed by atoms with Crippen LogP contribution in [0.3, 0.4) is 0 Å². The van der Waals surface area contributed by atoms with Crippen molar-refractivity contribution in [2.45, 2.75) is 57.7 Å². The van der Waals surface area contributed by atoms with Gasteiger partial charge in [-0.3, -0.25) is 9.59 Å². The molecule has 0 unspecified atom stereocenters. The number of nitrogens with one attached hydrogen (secondary N) is 2. The van der Waals surface area contributed by atoms with Crippen LogP contribution in [0.25, 0.3) is 22.4 Å². The lowest BCUT2D eigenvalue weighted by Gasteiger charge is -2.20. The molecule has 3 aromatic rings. The zero-order valence-corrected chi connectivity index (χ0v) is 19.5. The number of ether oxygens (including phenoxy) is 2. The lowest BCUT2D eigenvalue weighted by Crippen LogP contribution is -2.40. The Kier molecular flexibility index (Phi) is 7.25. The summed E-state index contributed by atoms with van der Waals surface area (Å²) >= 11 is 0. The number of aryl methyl sites for hydroxylation is 2. The molecule has 0 radical (unpaired) electrons. The Hall–Kier alpha value is -2.97. The van der Waals surface area contributed by atoms with Crippen LogP contribution in [0.4, 0.5) is 0 Å². The molecule has 8 heteroatoms. The summed E-state index contributed by atoms with van der Waals surface area (Å²) < 4.78 is 12.9. The van der Waals surface area contributed by atoms with E-state index in [4.69, 9.17) is 14.5 Å². The topological polar surface area (TPSA) is 98.2 Å². The van der Waals surface area contributed by atoms with E-state index in [1.54, 1.807) is 20.2 Å². The molecule has 0 bridgehead atoms. The maximum absolute atomic E-state index is 12.7. The van der Waals surface area contributed by atoms with Crippen LogP contribution >= 0.6 is 0 Å². The molecule has 2 N–H and O–H groups in total. The maximum atomic E-state index is 12.7. The van der Waals surface area contributed by atoms with Crippen LogP contribution in [0.15, 0.2) is 35.3 Å². The molecule has 1 fully saturated rings. The first-order valence-electron chi connectivity index (χ1n) is 11.5. The molecule has 0 saturated heterocycles. The largest absolute Gasteiger partial charge is 0.461 e. The maximum Gasteiger partial charge on any atom is 0.323 e. The number of carbonyl (C=O) groups is 1. The molecule has 1 atom stereocenters. The number of pyridine rings is 1. The van der Waals surface area contributed by atoms with Gasteiger partial charge in [0.2, 0.25) is 0 Å². The lowest BCUT2D eigenvalue weighted by atomic mass is 10.1. The van der Waals surface area contributed by atoms with Crippen molar-refractivity contribution in [1.29, 1.82) is 0 Å². The fourth-order valence-corrected chi connectivity index (χ4v) is 4.37. The normalized spacial score (nSPS) is 15.2. The Bertz CT molecular complexity index is 1180. The fraction of sp³-hybridized carbons (Fsp3) is 0.480. The summed E-state index contributed by atoms with van der Waals surface area (Å²) in [4.78, 5) is 32.0. The van der Waals surface area contributed by atoms with Gasteiger partial charge in [0, 0.05) is 44.6 Å². The molecule has 0 aliphatic heterocycles. The molecular weight excluding hydrogens is 420 g/mol. The summed E-state index contributed by atoms with van der Waals surface area (Å²) in [6, 6.07) is 7.53. The van der Waals surface area contributed by atoms with Gasteiger partial charge in [0.15, 0.2) is 0 Å². The number of methoxy groups -OCH3 is 1. The average molecular weight is 453 g/mol. The van der Waals surface area contributed by atoms with E-state index >= 15 is 0 Å². The molecule has 8 nitrogen and oxygen atoms in total. The standard InChI is InChI=1S/C25H32N4O4/c1-16-12-18(15-27-24(16)30)23-28-21-13-17(8-9-22(21)29(23)2)14-26-20(10-11-32-3)25(31)33-19-6-4-5-7-19/h8-9,12-13,15,19-20,26H,4-7,10-11,14H2,1-3H3,(H,27,30)/t20-/m0/s1. The fourth-order valence-electron chi connectivity index (χ4n) is 4.37. The first-order chi connectivity index (χ1) is 16.0. The number of carbonyl (C=O) groups excluding carboxylic acids is 1. The summed E-state index contributed by atoms with van der Waals surface area (Å²) in [5, 5.41) is 3.35. The first-order valence-corrected chi connectivity index (χ1v) is 11.5. The Morgan fingerprint density at radius 2 is 2.09 bits per heavy atom. The highest BCUT2D eigenvalue weighted by molar-refractivity contribution is 5.81. The SMILES string of the molecule is COCC[C@H](NCc1ccc2c(c1)nc(-c1c[nH]c(=O)c(C)c1)n2C)C(=O)OC1CCCC1. The Morgan fingerprint density at radius 1 is 1.30 bits per heavy atom. The van der Waals surface area contributed by atoms with Gasteiger partial charge in [0.05, 0.1) is 11.0 Å². The second-order valence-electron chi connectivity index (χ2n) is 8.78. The van der Waals surface area contributed by atoms with Crippen LogP contribution in [0.2, 0.25) is 0 Å². The van der Waals surface area contributed by atoms with Crippen LogP contribution in [-0.2, 0) is 27.9 Å². The van der Waals surface area contributed by atoms with Gasteiger partial charge < -0.3 is 24.3 Å². The molecule has 1 aliphatic carbocycles. The number of rotatable bonds is 9. The number of H-pyrrole nitrogens is 1. The smallest absolute Gasteiger partial charge is 0.323 e. The third-order valence-electron chi connectivity index (χ3n) is 6.33. The summed E-state index contributed by atoms with van der Waals surface area (Å²) in [5.41, 5.74) is 4.30. The van der Waals surface area contributed by atoms with Gasteiger partial charge >= 0.3 is 5.97 Å². The van der Waals surface area contributed by atoms with E-state index in [0.717, 1.165) is 53.7 Å². The van der Waals surface area contributed by atoms with Crippen LogP contribution in [0.1, 0.15) is 43.2 Å². The van der Waals surface area contributed by atoms with Crippen LogP contribution in [0, 0.1) is 6.92 Å². The van der Waals surface area contributed by atoms with Gasteiger partial charge in [-0.1, -0.05) is 6.07 Å². The zero-order valence-electron chi connectivity index (χ0n) is 19.5. The highest BCUT2D eigenvalue weighted by Crippen LogP contribution is 2.24. The minimum absolute atomic E-state index is 0.0456. The highest BCUT2D eigenvalue weighted by Gasteiger charge is 2.25. The van der Waals surface area contributed by atoms with Crippen molar-refractivity contribution >= 4 is 17.0 Å². The van der Waals surface area contributed by atoms with E-state index in [1.165, 1.54) is 0 Å². The zero-order chi connectivity index (χ0) is 23.4. The van der Waals surface area contributed by atoms with Crippen molar-refractivity contribution in [3.05, 3.63) is 51.9 Å². The van der Waals surface area contributed by atoms with E-state index < -0.39 is 6.04 Å². The number of imidazole rings is 1. The summed E-state index contributed by atoms with van der Waals surface area (Å²) in [7, 11) is 3.60. The van der Waals surface area contributed by atoms with Gasteiger partial charge in [-0.2, -0.15) is 0 Å². The Balaban J connectivity index is 1.49. The van der Waals surface area contributed by atoms with Crippen LogP contribution in [0.5, 0.6) is 0 Å². The predicted molar refractivity (Wildman–Crippen MR) is 127 cm³/mol. The predicted octanol–water partition coefficient (Wildman–Crippen LogP) is 3.22. The molecular formula is C25H32N4O4. The molecule has 0 amide bonds. The number of hydrogen-bond donors (Lipinski definition) is 2. The summed E-state index contributed by atoms with van der Waals surface area (Å²) in [6.45, 7) is 2.79. The molecule has 0 spiro atoms. The molecule has 2 heterocycles. The Morgan fingerprint density at radius 3 is 2.82 bits per heavy atom. The van der Waals surface area contributed by atoms with Gasteiger partial charge in [0.25, 0.3) is 5.56 Å². The van der Waals surface area contributed by atoms with Crippen molar-refractivity contribution in [3.63, 3.8) is 0 Å². The van der Waals surface area contributed by atoms with Crippen LogP contribution < -0.4 is 10.9 Å². The Labute approximate surface area is 193 Å². The number of benzene rings is 1. The third-order valence-corrected chi connectivity index (χ3v) is 6.33. The van der Waals surface area contributed by atoms with Crippen molar-refractivity contribution in [2.75, 3.05) is 13.7 Å². The molecule has 33 heavy (non-hydrogen) atoms. The lowest BCUT2D eigenvalue weighted by molar-refractivity contribution is -0.151. The summed E-state index contributed by atoms with van der Waals surface area (Å²) in [5.74, 6) is 0.584. The number of nitrogens with zero attached hydrogens (tertiary/aromatic N) is 2. The van der Waals surface area contributed by atoms with Crippen LogP contribution in [-0.4, -0.2) is 46.4 Å². The molecule has 2 aromatic heterocycles. The van der Waals surface area contributed by atoms with E-state index in [1.807, 2.05) is 35.9 Å². The summed E-state index contributed by atoms with van der Waals surface area (Å²) in [6.07, 6.45) is 6.45. The van der Waals surface area contributed by atoms with Gasteiger partial charge in [-0.15, -0.1) is 0 Å². The monoisotopic (exact) mass is 452 g/mol. The van der Waals surface area contributed by atoms with Gasteiger partial charge in [-0.25, -0.2) is 4.98 Å². The molecule has 1 aliphatic rings. The molecule has 176 valence electrons. The number of aromatic nitrogens is 3. The average Bonchev–Trinajstić information content (AvgIpc) is 3.43. The molecule has 1 aromatic carbocycles. The van der Waals surface area contributed by atoms with E-state index in [0.29, 0.717) is 25.1 Å². The van der Waals surface area contributed by atoms with E-state index in [9.17, 15) is 9.59 Å². The number of fused-ring (bicyclic) bond motifs is 1. The van der Waals surface area contributed by atoms with E-state index in [2.05, 4.69) is 10.3 Å². The number of hydrogen-bond acceptors (Lipinski definition) is 6. The van der Waals surface area contributed by atoms with E-state index in [-0.39, 0.29) is 17.6 Å². The van der Waals surface area contributed by atoms with Gasteiger partial charge in [0.1, 0.15) is 18.0 Å². The van der Waals surface area contributed by atoms with Crippen molar-refractivity contribution in [3.8, 4) is 11.4 Å². The molecule has 1 saturated carbocycles. The number of aromatic amines is 1. The quantitative estimate of drug-likeness (QED) is 0.484. The van der Waals surface area contributed by atoms with Crippen molar-refractivity contribution < 1.29 is 14.3 Å². The third kappa shape index (κ3) is 5.34. The minimum atomic E-state index is -0.412. The first kappa shape index (κ1) is 23.2. The molecule has 4 rings (SSSR count).